The van der Waals surface area contributed by atoms with Crippen molar-refractivity contribution < 1.29 is 9.90 Å². The van der Waals surface area contributed by atoms with Gasteiger partial charge in [0.2, 0.25) is 0 Å². The van der Waals surface area contributed by atoms with Gasteiger partial charge < -0.3 is 15.3 Å². The van der Waals surface area contributed by atoms with Crippen molar-refractivity contribution in [2.24, 2.45) is 11.8 Å². The summed E-state index contributed by atoms with van der Waals surface area (Å²) in [6, 6.07) is 17.4. The van der Waals surface area contributed by atoms with Crippen LogP contribution in [0.25, 0.3) is 0 Å². The Labute approximate surface area is 191 Å². The highest BCUT2D eigenvalue weighted by Crippen LogP contribution is 2.26. The van der Waals surface area contributed by atoms with Crippen molar-refractivity contribution in [2.75, 3.05) is 25.4 Å². The number of nitrogens with one attached hydrogen (secondary N) is 1. The first-order valence-electron chi connectivity index (χ1n) is 11.4. The summed E-state index contributed by atoms with van der Waals surface area (Å²) >= 11 is 1.67. The maximum absolute atomic E-state index is 13.0. The number of benzene rings is 2. The van der Waals surface area contributed by atoms with Crippen molar-refractivity contribution >= 4 is 17.7 Å². The molecule has 0 aromatic heterocycles. The maximum Gasteiger partial charge on any atom is 0.251 e. The van der Waals surface area contributed by atoms with Crippen molar-refractivity contribution in [3.05, 3.63) is 65.7 Å². The van der Waals surface area contributed by atoms with Gasteiger partial charge in [-0.2, -0.15) is 0 Å². The molecule has 1 aliphatic heterocycles. The van der Waals surface area contributed by atoms with E-state index in [-0.39, 0.29) is 11.9 Å². The van der Waals surface area contributed by atoms with Crippen molar-refractivity contribution in [1.29, 1.82) is 0 Å². The minimum Gasteiger partial charge on any atom is -0.390 e. The number of aryl methyl sites for hydroxylation is 1. The number of rotatable bonds is 9. The molecule has 1 saturated heterocycles. The predicted molar refractivity (Wildman–Crippen MR) is 130 cm³/mol. The molecule has 0 saturated carbocycles. The fourth-order valence-corrected chi connectivity index (χ4v) is 5.37. The molecule has 0 aliphatic carbocycles. The molecular formula is C26H36N2O2S. The maximum atomic E-state index is 13.0. The fourth-order valence-electron chi connectivity index (χ4n) is 4.34. The van der Waals surface area contributed by atoms with Gasteiger partial charge in [0.15, 0.2) is 0 Å². The number of hydrogen-bond acceptors (Lipinski definition) is 4. The second kappa shape index (κ2) is 11.7. The van der Waals surface area contributed by atoms with E-state index in [1.807, 2.05) is 49.4 Å². The molecule has 2 N–H and O–H groups in total. The Kier molecular flexibility index (Phi) is 9.00. The molecule has 0 radical (unpaired) electrons. The van der Waals surface area contributed by atoms with Crippen molar-refractivity contribution in [2.45, 2.75) is 50.7 Å². The highest BCUT2D eigenvalue weighted by atomic mass is 32.2. The third-order valence-corrected chi connectivity index (χ3v) is 7.64. The van der Waals surface area contributed by atoms with Gasteiger partial charge in [0.1, 0.15) is 0 Å². The Hall–Kier alpha value is -1.82. The number of nitrogens with zero attached hydrogens (tertiary/aromatic N) is 1. The van der Waals surface area contributed by atoms with Crippen LogP contribution in [-0.4, -0.2) is 53.4 Å². The zero-order chi connectivity index (χ0) is 22.2. The summed E-state index contributed by atoms with van der Waals surface area (Å²) in [7, 11) is 0. The molecule has 2 aromatic rings. The average Bonchev–Trinajstić information content (AvgIpc) is 2.78. The average molecular weight is 441 g/mol. The number of amides is 1. The van der Waals surface area contributed by atoms with E-state index in [2.05, 4.69) is 36.2 Å². The number of piperidine rings is 1. The first-order valence-corrected chi connectivity index (χ1v) is 12.4. The van der Waals surface area contributed by atoms with Crippen LogP contribution in [0.1, 0.15) is 42.6 Å². The summed E-state index contributed by atoms with van der Waals surface area (Å²) in [4.78, 5) is 16.5. The molecule has 2 aromatic carbocycles. The lowest BCUT2D eigenvalue weighted by atomic mass is 9.85. The molecule has 1 heterocycles. The molecule has 0 spiro atoms. The van der Waals surface area contributed by atoms with Crippen LogP contribution in [0.5, 0.6) is 0 Å². The minimum atomic E-state index is -0.616. The van der Waals surface area contributed by atoms with Gasteiger partial charge >= 0.3 is 0 Å². The first-order chi connectivity index (χ1) is 15.0. The topological polar surface area (TPSA) is 52.6 Å². The summed E-state index contributed by atoms with van der Waals surface area (Å²) in [6.07, 6.45) is 1.73. The van der Waals surface area contributed by atoms with E-state index in [0.29, 0.717) is 23.8 Å². The number of β-amino-alcohol motifs (C(OH)–C–C–N with tert-alkyl or cyclic N) is 1. The third kappa shape index (κ3) is 6.83. The largest absolute Gasteiger partial charge is 0.390 e. The van der Waals surface area contributed by atoms with E-state index in [0.717, 1.165) is 29.5 Å². The molecule has 1 amide bonds. The van der Waals surface area contributed by atoms with Gasteiger partial charge in [-0.25, -0.2) is 0 Å². The van der Waals surface area contributed by atoms with Crippen molar-refractivity contribution in [3.63, 3.8) is 0 Å². The molecule has 4 nitrogen and oxygen atoms in total. The lowest BCUT2D eigenvalue weighted by molar-refractivity contribution is 0.0474. The molecule has 31 heavy (non-hydrogen) atoms. The summed E-state index contributed by atoms with van der Waals surface area (Å²) in [5.41, 5.74) is 1.61. The van der Waals surface area contributed by atoms with E-state index >= 15 is 0 Å². The van der Waals surface area contributed by atoms with Crippen molar-refractivity contribution in [3.8, 4) is 0 Å². The Morgan fingerprint density at radius 1 is 1.19 bits per heavy atom. The Bertz CT molecular complexity index is 829. The summed E-state index contributed by atoms with van der Waals surface area (Å²) < 4.78 is 0. The monoisotopic (exact) mass is 440 g/mol. The lowest BCUT2D eigenvalue weighted by Crippen LogP contribution is -2.52. The summed E-state index contributed by atoms with van der Waals surface area (Å²) in [5, 5.41) is 14.3. The van der Waals surface area contributed by atoms with Gasteiger partial charge in [-0.05, 0) is 55.5 Å². The van der Waals surface area contributed by atoms with E-state index in [1.165, 1.54) is 12.8 Å². The van der Waals surface area contributed by atoms with Gasteiger partial charge in [0.25, 0.3) is 5.91 Å². The number of carbonyl (C=O) groups excluding carboxylic acids is 1. The quantitative estimate of drug-likeness (QED) is 0.559. The molecule has 3 rings (SSSR count). The first kappa shape index (κ1) is 23.8. The molecule has 1 aliphatic rings. The number of thioether (sulfide) groups is 1. The standard InChI is InChI=1S/C26H36N2O2S/c1-4-21-16-28(15-14-19(21)2)17-25(29)24(18-31-22-11-6-5-7-12-22)27-26(30)23-13-9-8-10-20(23)3/h5-13,19,21,24-25,29H,4,14-18H2,1-3H3,(H,27,30)/t19?,21?,24-,25+/m0/s1. The SMILES string of the molecule is CCC1CN(C[C@@H](O)[C@H](CSc2ccccc2)NC(=O)c2ccccc2C)CCC1C. The molecule has 5 heteroatoms. The smallest absolute Gasteiger partial charge is 0.251 e. The van der Waals surface area contributed by atoms with Gasteiger partial charge in [-0.3, -0.25) is 4.79 Å². The number of carbonyl (C=O) groups is 1. The molecular weight excluding hydrogens is 404 g/mol. The van der Waals surface area contributed by atoms with E-state index in [1.54, 1.807) is 11.8 Å². The Morgan fingerprint density at radius 2 is 1.90 bits per heavy atom. The van der Waals surface area contributed by atoms with Crippen LogP contribution in [-0.2, 0) is 0 Å². The molecule has 0 bridgehead atoms. The Morgan fingerprint density at radius 3 is 2.61 bits per heavy atom. The molecule has 1 fully saturated rings. The number of aliphatic hydroxyl groups excluding tert-OH is 1. The van der Waals surface area contributed by atoms with E-state index < -0.39 is 6.10 Å². The molecule has 2 unspecified atom stereocenters. The molecule has 4 atom stereocenters. The van der Waals surface area contributed by atoms with Gasteiger partial charge in [0, 0.05) is 29.3 Å². The number of aliphatic hydroxyl groups is 1. The second-order valence-corrected chi connectivity index (χ2v) is 9.87. The minimum absolute atomic E-state index is 0.116. The highest BCUT2D eigenvalue weighted by molar-refractivity contribution is 7.99. The highest BCUT2D eigenvalue weighted by Gasteiger charge is 2.29. The van der Waals surface area contributed by atoms with Crippen LogP contribution >= 0.6 is 11.8 Å². The predicted octanol–water partition coefficient (Wildman–Crippen LogP) is 4.61. The van der Waals surface area contributed by atoms with Crippen molar-refractivity contribution in [1.82, 2.24) is 10.2 Å². The van der Waals surface area contributed by atoms with Gasteiger partial charge in [0.05, 0.1) is 12.1 Å². The Balaban J connectivity index is 1.68. The van der Waals surface area contributed by atoms with Crippen LogP contribution in [0, 0.1) is 18.8 Å². The van der Waals surface area contributed by atoms with Gasteiger partial charge in [-0.15, -0.1) is 11.8 Å². The second-order valence-electron chi connectivity index (χ2n) is 8.78. The number of hydrogen-bond donors (Lipinski definition) is 2. The molecule has 168 valence electrons. The summed E-state index contributed by atoms with van der Waals surface area (Å²) in [6.45, 7) is 9.17. The lowest BCUT2D eigenvalue weighted by Gasteiger charge is -2.38. The number of likely N-dealkylation sites (tertiary alicyclic amines) is 1. The normalized spacial score (nSPS) is 21.4. The van der Waals surface area contributed by atoms with Crippen LogP contribution < -0.4 is 5.32 Å². The van der Waals surface area contributed by atoms with Crippen LogP contribution in [0.3, 0.4) is 0 Å². The van der Waals surface area contributed by atoms with Gasteiger partial charge in [-0.1, -0.05) is 56.7 Å². The zero-order valence-corrected chi connectivity index (χ0v) is 19.8. The third-order valence-electron chi connectivity index (χ3n) is 6.51. The van der Waals surface area contributed by atoms with Crippen LogP contribution in [0.15, 0.2) is 59.5 Å². The van der Waals surface area contributed by atoms with E-state index in [4.69, 9.17) is 0 Å². The zero-order valence-electron chi connectivity index (χ0n) is 19.0. The van der Waals surface area contributed by atoms with Crippen LogP contribution in [0.4, 0.5) is 0 Å². The van der Waals surface area contributed by atoms with Crippen LogP contribution in [0.2, 0.25) is 0 Å². The fraction of sp³-hybridized carbons (Fsp3) is 0.500. The summed E-state index contributed by atoms with van der Waals surface area (Å²) in [5.74, 6) is 1.93. The van der Waals surface area contributed by atoms with E-state index in [9.17, 15) is 9.90 Å².